The van der Waals surface area contributed by atoms with Crippen LogP contribution in [0.25, 0.3) is 0 Å². The second-order valence-electron chi connectivity index (χ2n) is 4.64. The minimum absolute atomic E-state index is 0.0838. The molecule has 0 aliphatic rings. The molecular weight excluding hydrogens is 254 g/mol. The highest BCUT2D eigenvalue weighted by Crippen LogP contribution is 2.22. The molecule has 0 atom stereocenters. The first-order valence-electron chi connectivity index (χ1n) is 5.05. The van der Waals surface area contributed by atoms with Crippen LogP contribution < -0.4 is 5.32 Å². The van der Waals surface area contributed by atoms with Crippen molar-refractivity contribution in [1.82, 2.24) is 0 Å². The van der Waals surface area contributed by atoms with Gasteiger partial charge in [-0.3, -0.25) is 0 Å². The first-order valence-corrected chi connectivity index (χ1v) is 5.85. The standard InChI is InChI=1S/C12H18BrNO/c1-9-6-10(13)4-5-11(9)14-7-12(2,3)8-15/h4-6,14-15H,7-8H2,1-3H3. The summed E-state index contributed by atoms with van der Waals surface area (Å²) in [6, 6.07) is 6.14. The number of benzene rings is 1. The van der Waals surface area contributed by atoms with Crippen LogP contribution in [0.4, 0.5) is 5.69 Å². The van der Waals surface area contributed by atoms with Crippen molar-refractivity contribution in [2.45, 2.75) is 20.8 Å². The van der Waals surface area contributed by atoms with Crippen LogP contribution in [0, 0.1) is 12.3 Å². The van der Waals surface area contributed by atoms with Gasteiger partial charge in [-0.1, -0.05) is 29.8 Å². The second-order valence-corrected chi connectivity index (χ2v) is 5.55. The van der Waals surface area contributed by atoms with E-state index in [0.29, 0.717) is 0 Å². The minimum atomic E-state index is -0.0838. The molecule has 1 rings (SSSR count). The van der Waals surface area contributed by atoms with Gasteiger partial charge in [0.2, 0.25) is 0 Å². The van der Waals surface area contributed by atoms with E-state index in [9.17, 15) is 0 Å². The Kier molecular flexibility index (Phi) is 4.17. The highest BCUT2D eigenvalue weighted by molar-refractivity contribution is 9.10. The van der Waals surface area contributed by atoms with Gasteiger partial charge in [0.15, 0.2) is 0 Å². The van der Waals surface area contributed by atoms with Gasteiger partial charge in [-0.2, -0.15) is 0 Å². The van der Waals surface area contributed by atoms with Crippen LogP contribution in [-0.2, 0) is 0 Å². The van der Waals surface area contributed by atoms with Crippen molar-refractivity contribution in [1.29, 1.82) is 0 Å². The molecule has 0 aliphatic carbocycles. The van der Waals surface area contributed by atoms with Gasteiger partial charge < -0.3 is 10.4 Å². The third kappa shape index (κ3) is 3.84. The maximum atomic E-state index is 9.14. The number of nitrogens with one attached hydrogen (secondary N) is 1. The van der Waals surface area contributed by atoms with Gasteiger partial charge in [0, 0.05) is 28.7 Å². The minimum Gasteiger partial charge on any atom is -0.396 e. The second kappa shape index (κ2) is 4.99. The van der Waals surface area contributed by atoms with E-state index >= 15 is 0 Å². The molecule has 84 valence electrons. The molecule has 0 saturated carbocycles. The van der Waals surface area contributed by atoms with E-state index in [2.05, 4.69) is 34.2 Å². The van der Waals surface area contributed by atoms with Crippen LogP contribution >= 0.6 is 15.9 Å². The molecule has 0 unspecified atom stereocenters. The number of halogens is 1. The quantitative estimate of drug-likeness (QED) is 0.882. The zero-order chi connectivity index (χ0) is 11.5. The lowest BCUT2D eigenvalue weighted by Crippen LogP contribution is -2.26. The molecule has 0 aromatic heterocycles. The molecule has 1 aromatic carbocycles. The fraction of sp³-hybridized carbons (Fsp3) is 0.500. The monoisotopic (exact) mass is 271 g/mol. The van der Waals surface area contributed by atoms with Gasteiger partial charge in [0.05, 0.1) is 0 Å². The molecule has 0 amide bonds. The summed E-state index contributed by atoms with van der Waals surface area (Å²) in [6.45, 7) is 7.10. The molecule has 15 heavy (non-hydrogen) atoms. The van der Waals surface area contributed by atoms with E-state index < -0.39 is 0 Å². The predicted molar refractivity (Wildman–Crippen MR) is 68.2 cm³/mol. The Bertz CT molecular complexity index is 336. The highest BCUT2D eigenvalue weighted by atomic mass is 79.9. The van der Waals surface area contributed by atoms with Crippen molar-refractivity contribution in [3.63, 3.8) is 0 Å². The first kappa shape index (κ1) is 12.5. The summed E-state index contributed by atoms with van der Waals surface area (Å²) in [4.78, 5) is 0. The van der Waals surface area contributed by atoms with Crippen molar-refractivity contribution in [3.8, 4) is 0 Å². The van der Waals surface area contributed by atoms with E-state index in [1.54, 1.807) is 0 Å². The summed E-state index contributed by atoms with van der Waals surface area (Å²) in [5, 5.41) is 12.5. The van der Waals surface area contributed by atoms with Crippen LogP contribution in [0.3, 0.4) is 0 Å². The Labute approximate surface area is 99.8 Å². The Morgan fingerprint density at radius 1 is 1.40 bits per heavy atom. The van der Waals surface area contributed by atoms with E-state index in [0.717, 1.165) is 16.7 Å². The Hall–Kier alpha value is -0.540. The van der Waals surface area contributed by atoms with Crippen molar-refractivity contribution in [2.24, 2.45) is 5.41 Å². The third-order valence-electron chi connectivity index (χ3n) is 2.37. The molecular formula is C12H18BrNO. The van der Waals surface area contributed by atoms with Gasteiger partial charge in [0.1, 0.15) is 0 Å². The van der Waals surface area contributed by atoms with Gasteiger partial charge in [0.25, 0.3) is 0 Å². The van der Waals surface area contributed by atoms with E-state index in [4.69, 9.17) is 5.11 Å². The van der Waals surface area contributed by atoms with Crippen LogP contribution in [0.5, 0.6) is 0 Å². The lowest BCUT2D eigenvalue weighted by Gasteiger charge is -2.23. The average molecular weight is 272 g/mol. The van der Waals surface area contributed by atoms with Crippen molar-refractivity contribution < 1.29 is 5.11 Å². The van der Waals surface area contributed by atoms with Gasteiger partial charge in [-0.05, 0) is 30.7 Å². The topological polar surface area (TPSA) is 32.3 Å². The molecule has 0 saturated heterocycles. The Morgan fingerprint density at radius 2 is 2.07 bits per heavy atom. The maximum Gasteiger partial charge on any atom is 0.0498 e. The van der Waals surface area contributed by atoms with Gasteiger partial charge >= 0.3 is 0 Å². The molecule has 0 radical (unpaired) electrons. The molecule has 0 aliphatic heterocycles. The van der Waals surface area contributed by atoms with E-state index in [1.807, 2.05) is 26.0 Å². The van der Waals surface area contributed by atoms with Crippen LogP contribution in [0.15, 0.2) is 22.7 Å². The summed E-state index contributed by atoms with van der Waals surface area (Å²) in [5.41, 5.74) is 2.25. The number of hydrogen-bond donors (Lipinski definition) is 2. The first-order chi connectivity index (χ1) is 6.94. The summed E-state index contributed by atoms with van der Waals surface area (Å²) in [7, 11) is 0. The maximum absolute atomic E-state index is 9.14. The normalized spacial score (nSPS) is 11.5. The fourth-order valence-corrected chi connectivity index (χ4v) is 1.69. The number of rotatable bonds is 4. The molecule has 0 bridgehead atoms. The molecule has 0 heterocycles. The summed E-state index contributed by atoms with van der Waals surface area (Å²) >= 11 is 3.43. The number of hydrogen-bond acceptors (Lipinski definition) is 2. The predicted octanol–water partition coefficient (Wildman–Crippen LogP) is 3.19. The molecule has 0 fully saturated rings. The van der Waals surface area contributed by atoms with Gasteiger partial charge in [-0.25, -0.2) is 0 Å². The molecule has 2 N–H and O–H groups in total. The number of aliphatic hydroxyl groups excluding tert-OH is 1. The van der Waals surface area contributed by atoms with Crippen LogP contribution in [-0.4, -0.2) is 18.3 Å². The summed E-state index contributed by atoms with van der Waals surface area (Å²) in [6.07, 6.45) is 0. The van der Waals surface area contributed by atoms with Crippen LogP contribution in [0.1, 0.15) is 19.4 Å². The SMILES string of the molecule is Cc1cc(Br)ccc1NCC(C)(C)CO. The lowest BCUT2D eigenvalue weighted by atomic mass is 9.95. The van der Waals surface area contributed by atoms with Gasteiger partial charge in [-0.15, -0.1) is 0 Å². The number of aryl methyl sites for hydroxylation is 1. The lowest BCUT2D eigenvalue weighted by molar-refractivity contribution is 0.171. The highest BCUT2D eigenvalue weighted by Gasteiger charge is 2.16. The summed E-state index contributed by atoms with van der Waals surface area (Å²) < 4.78 is 1.09. The number of aliphatic hydroxyl groups is 1. The Balaban J connectivity index is 2.66. The third-order valence-corrected chi connectivity index (χ3v) is 2.87. The van der Waals surface area contributed by atoms with Crippen molar-refractivity contribution >= 4 is 21.6 Å². The van der Waals surface area contributed by atoms with Crippen molar-refractivity contribution in [2.75, 3.05) is 18.5 Å². The smallest absolute Gasteiger partial charge is 0.0498 e. The molecule has 1 aromatic rings. The largest absolute Gasteiger partial charge is 0.396 e. The molecule has 0 spiro atoms. The zero-order valence-corrected chi connectivity index (χ0v) is 11.1. The van der Waals surface area contributed by atoms with Crippen LogP contribution in [0.2, 0.25) is 0 Å². The zero-order valence-electron chi connectivity index (χ0n) is 9.47. The average Bonchev–Trinajstić information content (AvgIpc) is 2.16. The Morgan fingerprint density at radius 3 is 2.60 bits per heavy atom. The molecule has 2 nitrogen and oxygen atoms in total. The molecule has 3 heteroatoms. The van der Waals surface area contributed by atoms with E-state index in [1.165, 1.54) is 5.56 Å². The van der Waals surface area contributed by atoms with Crippen molar-refractivity contribution in [3.05, 3.63) is 28.2 Å². The van der Waals surface area contributed by atoms with E-state index in [-0.39, 0.29) is 12.0 Å². The fourth-order valence-electron chi connectivity index (χ4n) is 1.22. The number of anilines is 1. The summed E-state index contributed by atoms with van der Waals surface area (Å²) in [5.74, 6) is 0.